The molecule has 1 aromatic heterocycles. The molecule has 2 aliphatic heterocycles. The third-order valence-electron chi connectivity index (χ3n) is 4.36. The van der Waals surface area contributed by atoms with Crippen LogP contribution in [0.4, 0.5) is 4.39 Å². The molecule has 0 atom stereocenters. The summed E-state index contributed by atoms with van der Waals surface area (Å²) in [5.74, 6) is 2.35. The fraction of sp³-hybridized carbons (Fsp3) is 0.467. The van der Waals surface area contributed by atoms with Crippen molar-refractivity contribution in [2.45, 2.75) is 31.6 Å². The van der Waals surface area contributed by atoms with Gasteiger partial charge in [0.25, 0.3) is 0 Å². The van der Waals surface area contributed by atoms with Gasteiger partial charge in [0.1, 0.15) is 17.5 Å². The van der Waals surface area contributed by atoms with Crippen molar-refractivity contribution in [3.8, 4) is 5.69 Å². The summed E-state index contributed by atoms with van der Waals surface area (Å²) in [6.07, 6.45) is 3.87. The molecule has 2 aliphatic rings. The first-order valence-corrected chi connectivity index (χ1v) is 7.26. The van der Waals surface area contributed by atoms with Crippen molar-refractivity contribution in [3.63, 3.8) is 0 Å². The van der Waals surface area contributed by atoms with Crippen LogP contribution >= 0.6 is 12.4 Å². The lowest BCUT2D eigenvalue weighted by atomic mass is 9.96. The van der Waals surface area contributed by atoms with E-state index < -0.39 is 0 Å². The van der Waals surface area contributed by atoms with Crippen LogP contribution in [0.2, 0.25) is 0 Å². The number of nitrogens with zero attached hydrogens (tertiary/aromatic N) is 3. The van der Waals surface area contributed by atoms with Gasteiger partial charge in [-0.1, -0.05) is 0 Å². The van der Waals surface area contributed by atoms with Gasteiger partial charge >= 0.3 is 0 Å². The van der Waals surface area contributed by atoms with E-state index in [2.05, 4.69) is 20.1 Å². The second kappa shape index (κ2) is 5.73. The smallest absolute Gasteiger partial charge is 0.140 e. The van der Waals surface area contributed by atoms with Gasteiger partial charge in [-0.25, -0.2) is 4.39 Å². The maximum atomic E-state index is 13.4. The maximum absolute atomic E-state index is 13.4. The molecule has 0 bridgehead atoms. The number of halogens is 2. The highest BCUT2D eigenvalue weighted by molar-refractivity contribution is 5.85. The van der Waals surface area contributed by atoms with E-state index in [1.165, 1.54) is 6.07 Å². The molecule has 1 aromatic carbocycles. The molecule has 0 amide bonds. The summed E-state index contributed by atoms with van der Waals surface area (Å²) < 4.78 is 15.6. The average Bonchev–Trinajstić information content (AvgIpc) is 2.92. The van der Waals surface area contributed by atoms with E-state index in [-0.39, 0.29) is 18.2 Å². The average molecular weight is 309 g/mol. The number of piperidine rings is 1. The van der Waals surface area contributed by atoms with Crippen molar-refractivity contribution in [1.29, 1.82) is 0 Å². The van der Waals surface area contributed by atoms with Crippen LogP contribution in [-0.2, 0) is 12.8 Å². The van der Waals surface area contributed by atoms with Crippen LogP contribution in [0.25, 0.3) is 5.69 Å². The molecular weight excluding hydrogens is 291 g/mol. The van der Waals surface area contributed by atoms with Crippen LogP contribution in [0, 0.1) is 5.82 Å². The minimum absolute atomic E-state index is 0. The number of fused-ring (bicyclic) bond motifs is 3. The van der Waals surface area contributed by atoms with Crippen LogP contribution in [0.1, 0.15) is 36.0 Å². The zero-order chi connectivity index (χ0) is 13.5. The molecule has 0 saturated carbocycles. The topological polar surface area (TPSA) is 42.7 Å². The Kier molecular flexibility index (Phi) is 3.95. The van der Waals surface area contributed by atoms with Gasteiger partial charge in [0.05, 0.1) is 5.69 Å². The highest BCUT2D eigenvalue weighted by Crippen LogP contribution is 2.31. The van der Waals surface area contributed by atoms with Crippen LogP contribution in [0.3, 0.4) is 0 Å². The van der Waals surface area contributed by atoms with Gasteiger partial charge in [0.15, 0.2) is 0 Å². The molecule has 0 aliphatic carbocycles. The first-order chi connectivity index (χ1) is 9.83. The SMILES string of the molecule is Cl.Fc1ccc2c(c1)CCc1nnc(C3CCNCC3)n1-2. The molecule has 21 heavy (non-hydrogen) atoms. The zero-order valence-electron chi connectivity index (χ0n) is 11.7. The molecule has 0 unspecified atom stereocenters. The molecule has 0 radical (unpaired) electrons. The standard InChI is InChI=1S/C15H17FN4.ClH/c16-12-2-3-13-11(9-12)1-4-14-18-19-15(20(13)14)10-5-7-17-8-6-10;/h2-3,9-10,17H,1,4-8H2;1H. The number of hydrogen-bond acceptors (Lipinski definition) is 3. The summed E-state index contributed by atoms with van der Waals surface area (Å²) in [7, 11) is 0. The Morgan fingerprint density at radius 1 is 1.14 bits per heavy atom. The van der Waals surface area contributed by atoms with Gasteiger partial charge < -0.3 is 5.32 Å². The number of aryl methyl sites for hydroxylation is 2. The number of nitrogens with one attached hydrogen (secondary N) is 1. The van der Waals surface area contributed by atoms with E-state index in [4.69, 9.17) is 0 Å². The number of benzene rings is 1. The van der Waals surface area contributed by atoms with Gasteiger partial charge in [-0.05, 0) is 56.1 Å². The zero-order valence-corrected chi connectivity index (χ0v) is 12.5. The van der Waals surface area contributed by atoms with Crippen LogP contribution in [0.5, 0.6) is 0 Å². The molecule has 3 heterocycles. The van der Waals surface area contributed by atoms with Gasteiger partial charge in [0.2, 0.25) is 0 Å². The fourth-order valence-electron chi connectivity index (χ4n) is 3.32. The number of rotatable bonds is 1. The molecule has 6 heteroatoms. The summed E-state index contributed by atoms with van der Waals surface area (Å²) >= 11 is 0. The summed E-state index contributed by atoms with van der Waals surface area (Å²) in [6, 6.07) is 5.03. The van der Waals surface area contributed by atoms with Crippen molar-refractivity contribution in [3.05, 3.63) is 41.2 Å². The molecule has 0 spiro atoms. The largest absolute Gasteiger partial charge is 0.317 e. The van der Waals surface area contributed by atoms with Crippen molar-refractivity contribution in [2.24, 2.45) is 0 Å². The summed E-state index contributed by atoms with van der Waals surface area (Å²) in [5.41, 5.74) is 2.12. The Morgan fingerprint density at radius 2 is 1.95 bits per heavy atom. The Labute approximate surface area is 129 Å². The van der Waals surface area contributed by atoms with E-state index in [0.29, 0.717) is 5.92 Å². The minimum Gasteiger partial charge on any atom is -0.317 e. The summed E-state index contributed by atoms with van der Waals surface area (Å²) in [6.45, 7) is 2.06. The van der Waals surface area contributed by atoms with E-state index in [1.54, 1.807) is 6.07 Å². The van der Waals surface area contributed by atoms with E-state index in [1.807, 2.05) is 6.07 Å². The van der Waals surface area contributed by atoms with Crippen molar-refractivity contribution in [1.82, 2.24) is 20.1 Å². The van der Waals surface area contributed by atoms with Crippen LogP contribution in [0.15, 0.2) is 18.2 Å². The maximum Gasteiger partial charge on any atom is 0.140 e. The van der Waals surface area contributed by atoms with Gasteiger partial charge in [-0.3, -0.25) is 4.57 Å². The Balaban J connectivity index is 0.00000132. The van der Waals surface area contributed by atoms with Crippen LogP contribution < -0.4 is 5.32 Å². The lowest BCUT2D eigenvalue weighted by molar-refractivity contribution is 0.439. The van der Waals surface area contributed by atoms with E-state index in [0.717, 1.165) is 61.7 Å². The van der Waals surface area contributed by atoms with E-state index >= 15 is 0 Å². The van der Waals surface area contributed by atoms with E-state index in [9.17, 15) is 4.39 Å². The highest BCUT2D eigenvalue weighted by Gasteiger charge is 2.27. The molecule has 1 saturated heterocycles. The molecular formula is C15H18ClFN4. The van der Waals surface area contributed by atoms with Crippen LogP contribution in [-0.4, -0.2) is 27.9 Å². The molecule has 1 N–H and O–H groups in total. The highest BCUT2D eigenvalue weighted by atomic mass is 35.5. The third-order valence-corrected chi connectivity index (χ3v) is 4.36. The predicted molar refractivity (Wildman–Crippen MR) is 80.8 cm³/mol. The quantitative estimate of drug-likeness (QED) is 0.879. The van der Waals surface area contributed by atoms with Gasteiger partial charge in [-0.15, -0.1) is 22.6 Å². The third kappa shape index (κ3) is 2.45. The predicted octanol–water partition coefficient (Wildman–Crippen LogP) is 2.39. The van der Waals surface area contributed by atoms with Crippen molar-refractivity contribution in [2.75, 3.05) is 13.1 Å². The molecule has 4 rings (SSSR count). The fourth-order valence-corrected chi connectivity index (χ4v) is 3.32. The monoisotopic (exact) mass is 308 g/mol. The first-order valence-electron chi connectivity index (χ1n) is 7.26. The second-order valence-corrected chi connectivity index (χ2v) is 5.61. The molecule has 112 valence electrons. The summed E-state index contributed by atoms with van der Waals surface area (Å²) in [5, 5.41) is 12.2. The second-order valence-electron chi connectivity index (χ2n) is 5.61. The minimum atomic E-state index is -0.163. The first kappa shape index (κ1) is 14.5. The Hall–Kier alpha value is -1.46. The van der Waals surface area contributed by atoms with Crippen molar-refractivity contribution < 1.29 is 4.39 Å². The summed E-state index contributed by atoms with van der Waals surface area (Å²) in [4.78, 5) is 0. The number of aromatic nitrogens is 3. The molecule has 2 aromatic rings. The molecule has 4 nitrogen and oxygen atoms in total. The van der Waals surface area contributed by atoms with Gasteiger partial charge in [-0.2, -0.15) is 0 Å². The van der Waals surface area contributed by atoms with Gasteiger partial charge in [0, 0.05) is 12.3 Å². The van der Waals surface area contributed by atoms with Crippen molar-refractivity contribution >= 4 is 12.4 Å². The molecule has 1 fully saturated rings. The lowest BCUT2D eigenvalue weighted by Crippen LogP contribution is -2.28. The normalized spacial score (nSPS) is 17.8. The lowest BCUT2D eigenvalue weighted by Gasteiger charge is -2.25. The number of hydrogen-bond donors (Lipinski definition) is 1. The Morgan fingerprint density at radius 3 is 2.76 bits per heavy atom. The Bertz CT molecular complexity index is 649.